The Hall–Kier alpha value is -1.33. The lowest BCUT2D eigenvalue weighted by atomic mass is 10.2. The van der Waals surface area contributed by atoms with Crippen LogP contribution >= 0.6 is 0 Å². The van der Waals surface area contributed by atoms with Crippen LogP contribution in [0, 0.1) is 6.92 Å². The van der Waals surface area contributed by atoms with Gasteiger partial charge in [-0.05, 0) is 19.1 Å². The van der Waals surface area contributed by atoms with Crippen molar-refractivity contribution in [2.75, 3.05) is 0 Å². The first-order valence-electron chi connectivity index (χ1n) is 3.52. The third kappa shape index (κ3) is 5.00. The highest BCUT2D eigenvalue weighted by atomic mass is 16.4. The molecular formula is C8H10BO4. The molecule has 0 saturated carbocycles. The molecule has 0 aliphatic rings. The van der Waals surface area contributed by atoms with E-state index in [-0.39, 0.29) is 7.69 Å². The number of carboxylic acids is 1. The second kappa shape index (κ2) is 6.22. The first-order valence-corrected chi connectivity index (χ1v) is 3.52. The van der Waals surface area contributed by atoms with Crippen LogP contribution in [0.5, 0.6) is 0 Å². The van der Waals surface area contributed by atoms with Crippen LogP contribution in [0.4, 0.5) is 0 Å². The molecule has 0 aliphatic carbocycles. The maximum absolute atomic E-state index is 10.3. The fraction of sp³-hybridized carbons (Fsp3) is 0.125. The number of aromatic carboxylic acids is 1. The van der Waals surface area contributed by atoms with Gasteiger partial charge >= 0.3 is 13.7 Å². The van der Waals surface area contributed by atoms with Crippen LogP contribution in [0.3, 0.4) is 0 Å². The molecule has 0 aromatic heterocycles. The van der Waals surface area contributed by atoms with Crippen LogP contribution in [-0.2, 0) is 0 Å². The van der Waals surface area contributed by atoms with Gasteiger partial charge in [0.25, 0.3) is 0 Å². The van der Waals surface area contributed by atoms with Crippen molar-refractivity contribution < 1.29 is 19.9 Å². The minimum atomic E-state index is -0.875. The molecule has 69 valence electrons. The van der Waals surface area contributed by atoms with E-state index < -0.39 is 5.97 Å². The molecule has 0 amide bonds. The second-order valence-electron chi connectivity index (χ2n) is 2.29. The standard InChI is InChI=1S/C8H8O2.BH2O2/c1-6-2-4-7(5-3-6)8(9)10;2-1-3/h2-5H,1H3,(H,9,10);2-3H. The number of aryl methyl sites for hydroxylation is 1. The third-order valence-corrected chi connectivity index (χ3v) is 1.30. The minimum Gasteiger partial charge on any atom is -0.478 e. The fourth-order valence-corrected chi connectivity index (χ4v) is 0.696. The summed E-state index contributed by atoms with van der Waals surface area (Å²) >= 11 is 0. The van der Waals surface area contributed by atoms with E-state index in [0.717, 1.165) is 5.56 Å². The molecule has 0 bridgehead atoms. The molecule has 0 fully saturated rings. The van der Waals surface area contributed by atoms with Gasteiger partial charge in [-0.15, -0.1) is 0 Å². The lowest BCUT2D eigenvalue weighted by Gasteiger charge is -1.92. The Kier molecular flexibility index (Phi) is 5.59. The Morgan fingerprint density at radius 2 is 1.62 bits per heavy atom. The van der Waals surface area contributed by atoms with Crippen LogP contribution in [0.1, 0.15) is 15.9 Å². The smallest absolute Gasteiger partial charge is 0.478 e. The van der Waals surface area contributed by atoms with Gasteiger partial charge in [-0.2, -0.15) is 0 Å². The zero-order chi connectivity index (χ0) is 10.3. The average Bonchev–Trinajstić information content (AvgIpc) is 2.06. The van der Waals surface area contributed by atoms with Crippen LogP contribution in [0.2, 0.25) is 0 Å². The van der Waals surface area contributed by atoms with E-state index in [9.17, 15) is 4.79 Å². The fourth-order valence-electron chi connectivity index (χ4n) is 0.696. The summed E-state index contributed by atoms with van der Waals surface area (Å²) in [4.78, 5) is 10.3. The van der Waals surface area contributed by atoms with E-state index in [4.69, 9.17) is 15.2 Å². The Morgan fingerprint density at radius 1 is 1.23 bits per heavy atom. The molecule has 4 nitrogen and oxygen atoms in total. The number of benzene rings is 1. The molecule has 5 heteroatoms. The first-order chi connectivity index (χ1) is 6.11. The highest BCUT2D eigenvalue weighted by Crippen LogP contribution is 2.01. The summed E-state index contributed by atoms with van der Waals surface area (Å²) in [6.07, 6.45) is 0. The van der Waals surface area contributed by atoms with Gasteiger partial charge in [0.2, 0.25) is 0 Å². The quantitative estimate of drug-likeness (QED) is 0.540. The van der Waals surface area contributed by atoms with Crippen molar-refractivity contribution >= 4 is 13.7 Å². The van der Waals surface area contributed by atoms with Crippen molar-refractivity contribution in [1.82, 2.24) is 0 Å². The zero-order valence-corrected chi connectivity index (χ0v) is 7.14. The van der Waals surface area contributed by atoms with Gasteiger partial charge in [0.1, 0.15) is 0 Å². The minimum absolute atomic E-state index is 0. The van der Waals surface area contributed by atoms with Crippen molar-refractivity contribution in [1.29, 1.82) is 0 Å². The molecule has 0 aliphatic heterocycles. The highest BCUT2D eigenvalue weighted by molar-refractivity contribution is 6.13. The van der Waals surface area contributed by atoms with Gasteiger partial charge in [-0.1, -0.05) is 17.7 Å². The van der Waals surface area contributed by atoms with E-state index in [1.54, 1.807) is 24.3 Å². The van der Waals surface area contributed by atoms with Gasteiger partial charge in [-0.3, -0.25) is 0 Å². The van der Waals surface area contributed by atoms with Gasteiger partial charge in [0, 0.05) is 0 Å². The molecule has 0 atom stereocenters. The van der Waals surface area contributed by atoms with Crippen LogP contribution in [-0.4, -0.2) is 28.8 Å². The molecule has 0 heterocycles. The van der Waals surface area contributed by atoms with E-state index in [0.29, 0.717) is 5.56 Å². The van der Waals surface area contributed by atoms with E-state index in [2.05, 4.69) is 0 Å². The summed E-state index contributed by atoms with van der Waals surface area (Å²) in [6, 6.07) is 6.75. The first kappa shape index (κ1) is 11.7. The summed E-state index contributed by atoms with van der Waals surface area (Å²) in [5, 5.41) is 22.5. The van der Waals surface area contributed by atoms with Crippen LogP contribution < -0.4 is 0 Å². The molecular weight excluding hydrogens is 171 g/mol. The van der Waals surface area contributed by atoms with Gasteiger partial charge < -0.3 is 15.2 Å². The Bertz CT molecular complexity index is 257. The van der Waals surface area contributed by atoms with Gasteiger partial charge in [0.15, 0.2) is 0 Å². The zero-order valence-electron chi connectivity index (χ0n) is 7.14. The maximum atomic E-state index is 10.3. The van der Waals surface area contributed by atoms with Crippen molar-refractivity contribution in [2.45, 2.75) is 6.92 Å². The summed E-state index contributed by atoms with van der Waals surface area (Å²) in [5.41, 5.74) is 1.41. The lowest BCUT2D eigenvalue weighted by molar-refractivity contribution is 0.0697. The van der Waals surface area contributed by atoms with Crippen molar-refractivity contribution in [3.8, 4) is 0 Å². The molecule has 13 heavy (non-hydrogen) atoms. The Morgan fingerprint density at radius 3 is 1.92 bits per heavy atom. The lowest BCUT2D eigenvalue weighted by Crippen LogP contribution is -1.94. The summed E-state index contributed by atoms with van der Waals surface area (Å²) in [7, 11) is 0. The SMILES string of the molecule is Cc1ccc(C(=O)O)cc1.O[B]O. The predicted octanol–water partition coefficient (Wildman–Crippen LogP) is 0.198. The van der Waals surface area contributed by atoms with Gasteiger partial charge in [-0.25, -0.2) is 4.79 Å². The van der Waals surface area contributed by atoms with Crippen molar-refractivity contribution in [2.24, 2.45) is 0 Å². The van der Waals surface area contributed by atoms with Crippen molar-refractivity contribution in [3.05, 3.63) is 35.4 Å². The van der Waals surface area contributed by atoms with Crippen molar-refractivity contribution in [3.63, 3.8) is 0 Å². The molecule has 0 spiro atoms. The van der Waals surface area contributed by atoms with Crippen LogP contribution in [0.25, 0.3) is 0 Å². The highest BCUT2D eigenvalue weighted by Gasteiger charge is 1.98. The molecule has 1 radical (unpaired) electrons. The number of carboxylic acid groups (broad SMARTS) is 1. The van der Waals surface area contributed by atoms with Gasteiger partial charge in [0.05, 0.1) is 5.56 Å². The van der Waals surface area contributed by atoms with E-state index in [1.165, 1.54) is 0 Å². The molecule has 1 rings (SSSR count). The topological polar surface area (TPSA) is 77.8 Å². The number of carbonyl (C=O) groups is 1. The maximum Gasteiger partial charge on any atom is 0.482 e. The molecule has 0 unspecified atom stereocenters. The van der Waals surface area contributed by atoms with Crippen LogP contribution in [0.15, 0.2) is 24.3 Å². The molecule has 1 aromatic carbocycles. The normalized spacial score (nSPS) is 8.23. The number of hydrogen-bond donors (Lipinski definition) is 3. The number of rotatable bonds is 1. The largest absolute Gasteiger partial charge is 0.482 e. The second-order valence-corrected chi connectivity index (χ2v) is 2.29. The number of hydrogen-bond acceptors (Lipinski definition) is 3. The van der Waals surface area contributed by atoms with E-state index >= 15 is 0 Å². The Labute approximate surface area is 76.8 Å². The summed E-state index contributed by atoms with van der Waals surface area (Å²) in [5.74, 6) is -0.875. The monoisotopic (exact) mass is 181 g/mol. The average molecular weight is 181 g/mol. The molecule has 3 N–H and O–H groups in total. The summed E-state index contributed by atoms with van der Waals surface area (Å²) < 4.78 is 0. The third-order valence-electron chi connectivity index (χ3n) is 1.30. The molecule has 1 aromatic rings. The Balaban J connectivity index is 0.000000424. The van der Waals surface area contributed by atoms with E-state index in [1.807, 2.05) is 6.92 Å². The summed E-state index contributed by atoms with van der Waals surface area (Å²) in [6.45, 7) is 1.92. The predicted molar refractivity (Wildman–Crippen MR) is 48.3 cm³/mol. The molecule has 0 saturated heterocycles.